The second-order valence-electron chi connectivity index (χ2n) is 5.07. The second kappa shape index (κ2) is 4.98. The average molecular weight is 250 g/mol. The van der Waals surface area contributed by atoms with E-state index in [4.69, 9.17) is 9.47 Å². The van der Waals surface area contributed by atoms with Gasteiger partial charge in [0.1, 0.15) is 11.2 Å². The molecule has 1 aliphatic heterocycles. The van der Waals surface area contributed by atoms with Crippen LogP contribution in [0.2, 0.25) is 0 Å². The second-order valence-corrected chi connectivity index (χ2v) is 5.07. The van der Waals surface area contributed by atoms with E-state index in [1.807, 2.05) is 38.1 Å². The number of hydrogen-bond donors (Lipinski definition) is 1. The molecule has 0 radical (unpaired) electrons. The number of rotatable bonds is 5. The van der Waals surface area contributed by atoms with Crippen LogP contribution in [0.15, 0.2) is 24.3 Å². The van der Waals surface area contributed by atoms with Crippen molar-refractivity contribution in [3.63, 3.8) is 0 Å². The van der Waals surface area contributed by atoms with Crippen LogP contribution in [-0.2, 0) is 16.0 Å². The van der Waals surface area contributed by atoms with Gasteiger partial charge in [-0.1, -0.05) is 12.1 Å². The highest BCUT2D eigenvalue weighted by atomic mass is 16.5. The molecule has 0 aromatic heterocycles. The summed E-state index contributed by atoms with van der Waals surface area (Å²) in [7, 11) is 0. The quantitative estimate of drug-likeness (QED) is 0.869. The van der Waals surface area contributed by atoms with Gasteiger partial charge in [-0.05, 0) is 38.0 Å². The minimum Gasteiger partial charge on any atom is -0.491 e. The Bertz CT molecular complexity index is 418. The summed E-state index contributed by atoms with van der Waals surface area (Å²) in [6, 6.07) is 7.59. The summed E-state index contributed by atoms with van der Waals surface area (Å²) < 4.78 is 10.6. The summed E-state index contributed by atoms with van der Waals surface area (Å²) >= 11 is 0. The Kier molecular flexibility index (Phi) is 3.57. The molecule has 0 atom stereocenters. The van der Waals surface area contributed by atoms with Crippen molar-refractivity contribution in [3.05, 3.63) is 29.8 Å². The Morgan fingerprint density at radius 2 is 2.00 bits per heavy atom. The Hall–Kier alpha value is -1.55. The van der Waals surface area contributed by atoms with Crippen molar-refractivity contribution in [2.45, 2.75) is 26.4 Å². The van der Waals surface area contributed by atoms with Crippen LogP contribution in [-0.4, -0.2) is 30.4 Å². The number of aliphatic carboxylic acids is 1. The molecule has 1 saturated heterocycles. The smallest absolute Gasteiger partial charge is 0.314 e. The Morgan fingerprint density at radius 1 is 1.39 bits per heavy atom. The van der Waals surface area contributed by atoms with E-state index in [1.54, 1.807) is 0 Å². The van der Waals surface area contributed by atoms with E-state index in [9.17, 15) is 9.90 Å². The minimum absolute atomic E-state index is 0.140. The minimum atomic E-state index is -0.781. The first-order chi connectivity index (χ1) is 8.52. The van der Waals surface area contributed by atoms with Crippen LogP contribution in [0.5, 0.6) is 5.75 Å². The number of ether oxygens (including phenoxy) is 2. The highest BCUT2D eigenvalue weighted by Crippen LogP contribution is 2.32. The van der Waals surface area contributed by atoms with Crippen molar-refractivity contribution in [2.24, 2.45) is 5.41 Å². The fourth-order valence-corrected chi connectivity index (χ4v) is 2.00. The maximum Gasteiger partial charge on any atom is 0.314 e. The first kappa shape index (κ1) is 12.9. The van der Waals surface area contributed by atoms with Gasteiger partial charge in [-0.15, -0.1) is 0 Å². The van der Waals surface area contributed by atoms with Crippen molar-refractivity contribution in [2.75, 3.05) is 13.2 Å². The van der Waals surface area contributed by atoms with Gasteiger partial charge in [-0.2, -0.15) is 0 Å². The highest BCUT2D eigenvalue weighted by molar-refractivity contribution is 5.76. The van der Waals surface area contributed by atoms with E-state index in [1.165, 1.54) is 0 Å². The molecule has 1 aromatic carbocycles. The van der Waals surface area contributed by atoms with Crippen molar-refractivity contribution < 1.29 is 19.4 Å². The third kappa shape index (κ3) is 2.64. The lowest BCUT2D eigenvalue weighted by Gasteiger charge is -2.37. The van der Waals surface area contributed by atoms with E-state index >= 15 is 0 Å². The number of benzene rings is 1. The van der Waals surface area contributed by atoms with Crippen LogP contribution < -0.4 is 4.74 Å². The molecular formula is C14H18O4. The summed E-state index contributed by atoms with van der Waals surface area (Å²) in [5.74, 6) is 0.0271. The Morgan fingerprint density at radius 3 is 2.39 bits per heavy atom. The Labute approximate surface area is 107 Å². The van der Waals surface area contributed by atoms with Crippen molar-refractivity contribution in [1.82, 2.24) is 0 Å². The van der Waals surface area contributed by atoms with Crippen LogP contribution in [0.25, 0.3) is 0 Å². The maximum atomic E-state index is 11.2. The highest BCUT2D eigenvalue weighted by Gasteiger charge is 2.46. The third-order valence-electron chi connectivity index (χ3n) is 3.05. The SMILES string of the molecule is CC(C)Oc1ccc(CC2(C(=O)O)COC2)cc1. The molecule has 18 heavy (non-hydrogen) atoms. The first-order valence-corrected chi connectivity index (χ1v) is 6.09. The molecule has 98 valence electrons. The third-order valence-corrected chi connectivity index (χ3v) is 3.05. The molecule has 0 amide bonds. The van der Waals surface area contributed by atoms with Gasteiger partial charge < -0.3 is 14.6 Å². The first-order valence-electron chi connectivity index (χ1n) is 6.09. The predicted octanol–water partition coefficient (Wildman–Crippen LogP) is 2.12. The lowest BCUT2D eigenvalue weighted by atomic mass is 9.80. The van der Waals surface area contributed by atoms with Crippen LogP contribution in [0.3, 0.4) is 0 Å². The van der Waals surface area contributed by atoms with E-state index in [0.717, 1.165) is 11.3 Å². The largest absolute Gasteiger partial charge is 0.491 e. The standard InChI is InChI=1S/C14H18O4/c1-10(2)18-12-5-3-11(4-6-12)7-14(13(15)16)8-17-9-14/h3-6,10H,7-9H2,1-2H3,(H,15,16). The van der Waals surface area contributed by atoms with Crippen LogP contribution >= 0.6 is 0 Å². The zero-order valence-electron chi connectivity index (χ0n) is 10.7. The molecule has 0 unspecified atom stereocenters. The van der Waals surface area contributed by atoms with Crippen LogP contribution in [0, 0.1) is 5.41 Å². The van der Waals surface area contributed by atoms with Crippen LogP contribution in [0.1, 0.15) is 19.4 Å². The van der Waals surface area contributed by atoms with E-state index < -0.39 is 11.4 Å². The molecule has 1 heterocycles. The predicted molar refractivity (Wildman–Crippen MR) is 66.8 cm³/mol. The zero-order chi connectivity index (χ0) is 13.2. The summed E-state index contributed by atoms with van der Waals surface area (Å²) in [5.41, 5.74) is 0.261. The fraction of sp³-hybridized carbons (Fsp3) is 0.500. The van der Waals surface area contributed by atoms with Crippen molar-refractivity contribution >= 4 is 5.97 Å². The van der Waals surface area contributed by atoms with Crippen molar-refractivity contribution in [3.8, 4) is 5.75 Å². The lowest BCUT2D eigenvalue weighted by Crippen LogP contribution is -2.50. The van der Waals surface area contributed by atoms with Gasteiger partial charge >= 0.3 is 5.97 Å². The zero-order valence-corrected chi connectivity index (χ0v) is 10.7. The van der Waals surface area contributed by atoms with Gasteiger partial charge in [0, 0.05) is 0 Å². The van der Waals surface area contributed by atoms with Gasteiger partial charge in [-0.3, -0.25) is 4.79 Å². The van der Waals surface area contributed by atoms with Gasteiger partial charge in [-0.25, -0.2) is 0 Å². The van der Waals surface area contributed by atoms with E-state index in [-0.39, 0.29) is 6.10 Å². The summed E-state index contributed by atoms with van der Waals surface area (Å²) in [6.45, 7) is 4.54. The summed E-state index contributed by atoms with van der Waals surface area (Å²) in [4.78, 5) is 11.2. The van der Waals surface area contributed by atoms with Gasteiger partial charge in [0.2, 0.25) is 0 Å². The molecule has 0 spiro atoms. The fourth-order valence-electron chi connectivity index (χ4n) is 2.00. The molecule has 1 aromatic rings. The topological polar surface area (TPSA) is 55.8 Å². The molecule has 4 nitrogen and oxygen atoms in total. The molecule has 0 bridgehead atoms. The normalized spacial score (nSPS) is 17.3. The van der Waals surface area contributed by atoms with Gasteiger partial charge in [0.15, 0.2) is 0 Å². The molecule has 0 aliphatic carbocycles. The number of carboxylic acids is 1. The number of hydrogen-bond acceptors (Lipinski definition) is 3. The summed E-state index contributed by atoms with van der Waals surface area (Å²) in [5, 5.41) is 9.21. The molecule has 0 saturated carbocycles. The Balaban J connectivity index is 2.04. The summed E-state index contributed by atoms with van der Waals surface area (Å²) in [6.07, 6.45) is 0.644. The lowest BCUT2D eigenvalue weighted by molar-refractivity contribution is -0.179. The van der Waals surface area contributed by atoms with E-state index in [0.29, 0.717) is 19.6 Å². The molecule has 1 aliphatic rings. The molecule has 1 N–H and O–H groups in total. The van der Waals surface area contributed by atoms with Crippen molar-refractivity contribution in [1.29, 1.82) is 0 Å². The maximum absolute atomic E-state index is 11.2. The molecule has 4 heteroatoms. The monoisotopic (exact) mass is 250 g/mol. The molecular weight excluding hydrogens is 232 g/mol. The van der Waals surface area contributed by atoms with E-state index in [2.05, 4.69) is 0 Å². The average Bonchev–Trinajstić information content (AvgIpc) is 2.24. The molecule has 1 fully saturated rings. The van der Waals surface area contributed by atoms with Crippen LogP contribution in [0.4, 0.5) is 0 Å². The number of carbonyl (C=O) groups is 1. The molecule has 2 rings (SSSR count). The van der Waals surface area contributed by atoms with Gasteiger partial charge in [0.25, 0.3) is 0 Å². The van der Waals surface area contributed by atoms with Gasteiger partial charge in [0.05, 0.1) is 19.3 Å². The number of carboxylic acid groups (broad SMARTS) is 1.